The number of nitrogens with one attached hydrogen (secondary N) is 2. The van der Waals surface area contributed by atoms with Gasteiger partial charge < -0.3 is 22.1 Å². The van der Waals surface area contributed by atoms with Gasteiger partial charge in [0.2, 0.25) is 5.91 Å². The SMILES string of the molecule is Cc1ccc(NC(=O)NCc2ccc3nc(C)n([C@@H](CCC(=O)CN)C(N)=O)c(=O)c3c2)cc1C. The normalized spacial score (nSPS) is 11.8. The van der Waals surface area contributed by atoms with Crippen LogP contribution < -0.4 is 27.7 Å². The lowest BCUT2D eigenvalue weighted by molar-refractivity contribution is -0.122. The Kier molecular flexibility index (Phi) is 7.98. The molecule has 10 heteroatoms. The van der Waals surface area contributed by atoms with E-state index in [1.807, 2.05) is 32.0 Å². The number of nitrogens with zero attached hydrogens (tertiary/aromatic N) is 2. The van der Waals surface area contributed by atoms with Crippen LogP contribution in [0.15, 0.2) is 41.2 Å². The Hall–Kier alpha value is -4.05. The summed E-state index contributed by atoms with van der Waals surface area (Å²) in [5.74, 6) is -0.657. The first-order valence-corrected chi connectivity index (χ1v) is 11.3. The monoisotopic (exact) mass is 478 g/mol. The first-order valence-electron chi connectivity index (χ1n) is 11.3. The number of rotatable bonds is 9. The standard InChI is InChI=1S/C25H30N6O4/c1-14-4-6-18(10-15(14)2)30-25(35)28-13-17-5-8-21-20(11-17)24(34)31(16(3)29-21)22(23(27)33)9-7-19(32)12-26/h4-6,8,10-11,22H,7,9,12-13,26H2,1-3H3,(H2,27,33)(H2,28,30,35)/t22-/m0/s1. The minimum Gasteiger partial charge on any atom is -0.368 e. The Morgan fingerprint density at radius 3 is 2.46 bits per heavy atom. The Labute approximate surface area is 202 Å². The van der Waals surface area contributed by atoms with Crippen molar-refractivity contribution < 1.29 is 14.4 Å². The smallest absolute Gasteiger partial charge is 0.319 e. The van der Waals surface area contributed by atoms with E-state index < -0.39 is 17.5 Å². The summed E-state index contributed by atoms with van der Waals surface area (Å²) < 4.78 is 1.22. The van der Waals surface area contributed by atoms with Gasteiger partial charge >= 0.3 is 6.03 Å². The largest absolute Gasteiger partial charge is 0.368 e. The summed E-state index contributed by atoms with van der Waals surface area (Å²) >= 11 is 0. The van der Waals surface area contributed by atoms with Crippen molar-refractivity contribution in [1.82, 2.24) is 14.9 Å². The highest BCUT2D eigenvalue weighted by Crippen LogP contribution is 2.18. The van der Waals surface area contributed by atoms with E-state index >= 15 is 0 Å². The maximum Gasteiger partial charge on any atom is 0.319 e. The van der Waals surface area contributed by atoms with E-state index in [4.69, 9.17) is 11.5 Å². The number of hydrogen-bond donors (Lipinski definition) is 4. The van der Waals surface area contributed by atoms with E-state index in [1.54, 1.807) is 25.1 Å². The molecule has 1 heterocycles. The number of carbonyl (C=O) groups is 3. The molecule has 6 N–H and O–H groups in total. The van der Waals surface area contributed by atoms with Crippen LogP contribution in [0.4, 0.5) is 10.5 Å². The second-order valence-electron chi connectivity index (χ2n) is 8.49. The van der Waals surface area contributed by atoms with Crippen molar-refractivity contribution in [3.8, 4) is 0 Å². The molecule has 0 saturated carbocycles. The number of aryl methyl sites for hydroxylation is 3. The fraction of sp³-hybridized carbons (Fsp3) is 0.320. The van der Waals surface area contributed by atoms with Crippen LogP contribution in [0.5, 0.6) is 0 Å². The van der Waals surface area contributed by atoms with Gasteiger partial charge in [0.05, 0.1) is 17.4 Å². The Morgan fingerprint density at radius 2 is 1.80 bits per heavy atom. The van der Waals surface area contributed by atoms with Crippen molar-refractivity contribution in [2.24, 2.45) is 11.5 Å². The Balaban J connectivity index is 1.82. The van der Waals surface area contributed by atoms with Gasteiger partial charge in [0.1, 0.15) is 17.6 Å². The molecule has 0 bridgehead atoms. The van der Waals surface area contributed by atoms with E-state index in [1.165, 1.54) is 4.57 Å². The molecule has 0 aliphatic carbocycles. The third-order valence-electron chi connectivity index (χ3n) is 5.92. The molecule has 2 aromatic carbocycles. The zero-order valence-corrected chi connectivity index (χ0v) is 20.1. The van der Waals surface area contributed by atoms with E-state index in [-0.39, 0.29) is 43.1 Å². The fourth-order valence-electron chi connectivity index (χ4n) is 3.81. The molecule has 3 amide bonds. The molecular weight excluding hydrogens is 448 g/mol. The third kappa shape index (κ3) is 6.10. The summed E-state index contributed by atoms with van der Waals surface area (Å²) in [4.78, 5) is 53.8. The molecular formula is C25H30N6O4. The number of hydrogen-bond acceptors (Lipinski definition) is 6. The van der Waals surface area contributed by atoms with Crippen LogP contribution in [-0.2, 0) is 16.1 Å². The minimum absolute atomic E-state index is 0.0214. The second-order valence-corrected chi connectivity index (χ2v) is 8.49. The number of Topliss-reactive ketones (excluding diaryl/α,β-unsaturated/α-hetero) is 1. The molecule has 0 unspecified atom stereocenters. The summed E-state index contributed by atoms with van der Waals surface area (Å²) in [6.07, 6.45) is 0.0762. The van der Waals surface area contributed by atoms with Crippen molar-refractivity contribution in [3.63, 3.8) is 0 Å². The Bertz CT molecular complexity index is 1350. The molecule has 3 aromatic rings. The third-order valence-corrected chi connectivity index (χ3v) is 5.92. The lowest BCUT2D eigenvalue weighted by atomic mass is 10.1. The topological polar surface area (TPSA) is 162 Å². The van der Waals surface area contributed by atoms with Crippen LogP contribution in [0.25, 0.3) is 10.9 Å². The van der Waals surface area contributed by atoms with E-state index in [9.17, 15) is 19.2 Å². The number of primary amides is 1. The number of anilines is 1. The maximum atomic E-state index is 13.3. The van der Waals surface area contributed by atoms with E-state index in [0.717, 1.165) is 11.1 Å². The molecule has 0 aliphatic heterocycles. The van der Waals surface area contributed by atoms with E-state index in [0.29, 0.717) is 22.6 Å². The van der Waals surface area contributed by atoms with Gasteiger partial charge in [-0.3, -0.25) is 19.0 Å². The van der Waals surface area contributed by atoms with Gasteiger partial charge in [-0.15, -0.1) is 0 Å². The fourth-order valence-corrected chi connectivity index (χ4v) is 3.81. The van der Waals surface area contributed by atoms with Gasteiger partial charge in [-0.05, 0) is 68.1 Å². The van der Waals surface area contributed by atoms with Crippen LogP contribution >= 0.6 is 0 Å². The first-order chi connectivity index (χ1) is 16.6. The molecule has 35 heavy (non-hydrogen) atoms. The maximum absolute atomic E-state index is 13.3. The second kappa shape index (κ2) is 10.9. The first kappa shape index (κ1) is 25.6. The van der Waals surface area contributed by atoms with Crippen LogP contribution in [0, 0.1) is 20.8 Å². The lowest BCUT2D eigenvalue weighted by Crippen LogP contribution is -2.36. The van der Waals surface area contributed by atoms with Crippen LogP contribution in [0.3, 0.4) is 0 Å². The molecule has 3 rings (SSSR count). The lowest BCUT2D eigenvalue weighted by Gasteiger charge is -2.19. The molecule has 0 aliphatic rings. The number of fused-ring (bicyclic) bond motifs is 1. The number of urea groups is 1. The zero-order chi connectivity index (χ0) is 25.7. The van der Waals surface area contributed by atoms with Gasteiger partial charge in [0.25, 0.3) is 5.56 Å². The number of aromatic nitrogens is 2. The van der Waals surface area contributed by atoms with Crippen molar-refractivity contribution in [2.45, 2.75) is 46.2 Å². The van der Waals surface area contributed by atoms with Crippen LogP contribution in [0.1, 0.15) is 41.4 Å². The van der Waals surface area contributed by atoms with Gasteiger partial charge in [-0.25, -0.2) is 9.78 Å². The Morgan fingerprint density at radius 1 is 1.06 bits per heavy atom. The van der Waals surface area contributed by atoms with Crippen molar-refractivity contribution in [2.75, 3.05) is 11.9 Å². The van der Waals surface area contributed by atoms with Gasteiger partial charge in [-0.2, -0.15) is 0 Å². The van der Waals surface area contributed by atoms with E-state index in [2.05, 4.69) is 15.6 Å². The van der Waals surface area contributed by atoms with Gasteiger partial charge in [-0.1, -0.05) is 12.1 Å². The molecule has 184 valence electrons. The van der Waals surface area contributed by atoms with Gasteiger partial charge in [0.15, 0.2) is 0 Å². The van der Waals surface area contributed by atoms with Gasteiger partial charge in [0, 0.05) is 18.7 Å². The number of nitrogens with two attached hydrogens (primary N) is 2. The van der Waals surface area contributed by atoms with Crippen molar-refractivity contribution >= 4 is 34.3 Å². The number of ketones is 1. The number of amides is 3. The highest BCUT2D eigenvalue weighted by atomic mass is 16.2. The predicted octanol–water partition coefficient (Wildman–Crippen LogP) is 1.98. The highest BCUT2D eigenvalue weighted by molar-refractivity contribution is 5.89. The summed E-state index contributed by atoms with van der Waals surface area (Å²) in [6.45, 7) is 5.59. The molecule has 1 atom stereocenters. The highest BCUT2D eigenvalue weighted by Gasteiger charge is 2.23. The van der Waals surface area contributed by atoms with Crippen LogP contribution in [-0.4, -0.2) is 33.8 Å². The summed E-state index contributed by atoms with van der Waals surface area (Å²) in [5, 5.41) is 5.83. The average Bonchev–Trinajstić information content (AvgIpc) is 2.81. The molecule has 1 aromatic heterocycles. The van der Waals surface area contributed by atoms with Crippen molar-refractivity contribution in [1.29, 1.82) is 0 Å². The quantitative estimate of drug-likeness (QED) is 0.367. The minimum atomic E-state index is -1.03. The summed E-state index contributed by atoms with van der Waals surface area (Å²) in [5.41, 5.74) is 14.5. The summed E-state index contributed by atoms with van der Waals surface area (Å²) in [7, 11) is 0. The molecule has 0 spiro atoms. The molecule has 10 nitrogen and oxygen atoms in total. The molecule has 0 saturated heterocycles. The summed E-state index contributed by atoms with van der Waals surface area (Å²) in [6, 6.07) is 9.30. The zero-order valence-electron chi connectivity index (χ0n) is 20.1. The molecule has 0 fully saturated rings. The predicted molar refractivity (Wildman–Crippen MR) is 134 cm³/mol. The number of carbonyl (C=O) groups excluding carboxylic acids is 3. The average molecular weight is 479 g/mol. The van der Waals surface area contributed by atoms with Crippen LogP contribution in [0.2, 0.25) is 0 Å². The van der Waals surface area contributed by atoms with Crippen molar-refractivity contribution in [3.05, 3.63) is 69.3 Å². The number of benzene rings is 2. The molecule has 0 radical (unpaired) electrons.